The first-order valence-electron chi connectivity index (χ1n) is 8.64. The lowest BCUT2D eigenvalue weighted by Crippen LogP contribution is -2.44. The number of carbonyl (C=O) groups is 1. The molecular formula is C18H20ClN3O5S. The fraction of sp³-hybridized carbons (Fsp3) is 0.333. The van der Waals surface area contributed by atoms with Crippen molar-refractivity contribution in [2.24, 2.45) is 5.73 Å². The van der Waals surface area contributed by atoms with E-state index in [-0.39, 0.29) is 24.2 Å². The largest absolute Gasteiger partial charge is 0.487 e. The Morgan fingerprint density at radius 1 is 1.29 bits per heavy atom. The van der Waals surface area contributed by atoms with Gasteiger partial charge in [0, 0.05) is 25.0 Å². The lowest BCUT2D eigenvalue weighted by Gasteiger charge is -2.32. The van der Waals surface area contributed by atoms with Crippen LogP contribution in [0.2, 0.25) is 5.02 Å². The van der Waals surface area contributed by atoms with Gasteiger partial charge in [-0.1, -0.05) is 11.6 Å². The molecule has 1 fully saturated rings. The third kappa shape index (κ3) is 4.92. The van der Waals surface area contributed by atoms with Crippen molar-refractivity contribution in [2.45, 2.75) is 23.8 Å². The van der Waals surface area contributed by atoms with Crippen molar-refractivity contribution < 1.29 is 22.7 Å². The summed E-state index contributed by atoms with van der Waals surface area (Å²) in [5.41, 5.74) is 5.02. The highest BCUT2D eigenvalue weighted by atomic mass is 35.5. The van der Waals surface area contributed by atoms with Gasteiger partial charge < -0.3 is 15.2 Å². The maximum atomic E-state index is 12.9. The van der Waals surface area contributed by atoms with Gasteiger partial charge in [0.1, 0.15) is 22.6 Å². The number of hydrogen-bond donors (Lipinski definition) is 1. The van der Waals surface area contributed by atoms with E-state index in [1.165, 1.54) is 34.8 Å². The smallest absolute Gasteiger partial charge is 0.255 e. The molecule has 1 unspecified atom stereocenters. The Kier molecular flexibility index (Phi) is 6.38. The maximum Gasteiger partial charge on any atom is 0.255 e. The minimum absolute atomic E-state index is 0.140. The number of nitrogens with zero attached hydrogens (tertiary/aromatic N) is 2. The molecule has 0 radical (unpaired) electrons. The van der Waals surface area contributed by atoms with Gasteiger partial charge in [0.25, 0.3) is 5.91 Å². The highest BCUT2D eigenvalue weighted by Gasteiger charge is 2.31. The summed E-state index contributed by atoms with van der Waals surface area (Å²) in [5.74, 6) is 0.243. The molecular weight excluding hydrogens is 406 g/mol. The molecule has 0 aliphatic carbocycles. The molecule has 3 rings (SSSR count). The summed E-state index contributed by atoms with van der Waals surface area (Å²) in [7, 11) is -3.68. The predicted octanol–water partition coefficient (Wildman–Crippen LogP) is 1.83. The lowest BCUT2D eigenvalue weighted by atomic mass is 10.1. The van der Waals surface area contributed by atoms with Gasteiger partial charge in [0.05, 0.1) is 11.4 Å². The number of primary amides is 1. The molecule has 2 heterocycles. The Balaban J connectivity index is 1.69. The summed E-state index contributed by atoms with van der Waals surface area (Å²) in [6.07, 6.45) is 4.15. The van der Waals surface area contributed by atoms with Crippen molar-refractivity contribution in [2.75, 3.05) is 19.7 Å². The van der Waals surface area contributed by atoms with Gasteiger partial charge >= 0.3 is 0 Å². The molecule has 0 saturated carbocycles. The normalized spacial score (nSPS) is 17.8. The minimum Gasteiger partial charge on any atom is -0.487 e. The summed E-state index contributed by atoms with van der Waals surface area (Å²) >= 11 is 6.07. The number of hydrogen-bond acceptors (Lipinski definition) is 6. The maximum absolute atomic E-state index is 12.9. The number of rotatable bonds is 7. The highest BCUT2D eigenvalue weighted by Crippen LogP contribution is 2.28. The van der Waals surface area contributed by atoms with Crippen LogP contribution in [0.3, 0.4) is 0 Å². The first-order chi connectivity index (χ1) is 13.4. The zero-order valence-corrected chi connectivity index (χ0v) is 16.5. The van der Waals surface area contributed by atoms with E-state index in [4.69, 9.17) is 26.8 Å². The zero-order chi connectivity index (χ0) is 20.1. The van der Waals surface area contributed by atoms with Crippen LogP contribution in [0.15, 0.2) is 47.6 Å². The van der Waals surface area contributed by atoms with E-state index < -0.39 is 15.9 Å². The summed E-state index contributed by atoms with van der Waals surface area (Å²) < 4.78 is 38.3. The molecule has 2 N–H and O–H groups in total. The van der Waals surface area contributed by atoms with Crippen LogP contribution >= 0.6 is 11.6 Å². The average molecular weight is 426 g/mol. The summed E-state index contributed by atoms with van der Waals surface area (Å²) in [6.45, 7) is 0.363. The van der Waals surface area contributed by atoms with E-state index in [0.29, 0.717) is 29.5 Å². The minimum atomic E-state index is -3.68. The molecule has 28 heavy (non-hydrogen) atoms. The molecule has 1 atom stereocenters. The molecule has 10 heteroatoms. The number of pyridine rings is 1. The Labute approximate surface area is 168 Å². The van der Waals surface area contributed by atoms with Crippen LogP contribution in [0.4, 0.5) is 0 Å². The summed E-state index contributed by atoms with van der Waals surface area (Å²) in [5, 5.41) is 0.383. The van der Waals surface area contributed by atoms with Crippen LogP contribution in [0.25, 0.3) is 0 Å². The predicted molar refractivity (Wildman–Crippen MR) is 103 cm³/mol. The standard InChI is InChI=1S/C18H20ClN3O5S/c19-16-10-21-8-7-17(16)27-14-2-1-9-22(11-14)28(24,25)15-5-3-13(4-6-15)26-12-18(20)23/h3-8,10,14H,1-2,9,11-12H2,(H2,20,23). The van der Waals surface area contributed by atoms with E-state index in [0.717, 1.165) is 6.42 Å². The van der Waals surface area contributed by atoms with Gasteiger partial charge in [-0.15, -0.1) is 0 Å². The molecule has 8 nitrogen and oxygen atoms in total. The molecule has 1 aromatic carbocycles. The lowest BCUT2D eigenvalue weighted by molar-refractivity contribution is -0.119. The number of amides is 1. The van der Waals surface area contributed by atoms with Crippen molar-refractivity contribution in [1.29, 1.82) is 0 Å². The fourth-order valence-corrected chi connectivity index (χ4v) is 4.54. The third-order valence-corrected chi connectivity index (χ3v) is 6.38. The van der Waals surface area contributed by atoms with Gasteiger partial charge in [-0.3, -0.25) is 9.78 Å². The Morgan fingerprint density at radius 3 is 2.71 bits per heavy atom. The second-order valence-electron chi connectivity index (χ2n) is 6.28. The Morgan fingerprint density at radius 2 is 2.04 bits per heavy atom. The Hall–Kier alpha value is -2.36. The second-order valence-corrected chi connectivity index (χ2v) is 8.62. The molecule has 1 saturated heterocycles. The summed E-state index contributed by atoms with van der Waals surface area (Å²) in [6, 6.07) is 7.52. The number of ether oxygens (including phenoxy) is 2. The van der Waals surface area contributed by atoms with E-state index in [2.05, 4.69) is 4.98 Å². The van der Waals surface area contributed by atoms with E-state index >= 15 is 0 Å². The fourth-order valence-electron chi connectivity index (χ4n) is 2.87. The average Bonchev–Trinajstić information content (AvgIpc) is 2.69. The number of halogens is 1. The molecule has 2 aromatic rings. The van der Waals surface area contributed by atoms with Crippen molar-refractivity contribution in [3.63, 3.8) is 0 Å². The van der Waals surface area contributed by atoms with Crippen molar-refractivity contribution in [3.8, 4) is 11.5 Å². The number of carbonyl (C=O) groups excluding carboxylic acids is 1. The van der Waals surface area contributed by atoms with Gasteiger partial charge in [-0.05, 0) is 37.1 Å². The van der Waals surface area contributed by atoms with Crippen molar-refractivity contribution >= 4 is 27.5 Å². The van der Waals surface area contributed by atoms with E-state index in [1.54, 1.807) is 12.3 Å². The van der Waals surface area contributed by atoms with Gasteiger partial charge in [0.15, 0.2) is 6.61 Å². The van der Waals surface area contributed by atoms with Gasteiger partial charge in [-0.25, -0.2) is 8.42 Å². The first-order valence-corrected chi connectivity index (χ1v) is 10.5. The number of benzene rings is 1. The van der Waals surface area contributed by atoms with Crippen molar-refractivity contribution in [1.82, 2.24) is 9.29 Å². The Bertz CT molecular complexity index is 936. The van der Waals surface area contributed by atoms with E-state index in [1.807, 2.05) is 0 Å². The van der Waals surface area contributed by atoms with Crippen molar-refractivity contribution in [3.05, 3.63) is 47.7 Å². The topological polar surface area (TPSA) is 112 Å². The second kappa shape index (κ2) is 8.76. The molecule has 0 bridgehead atoms. The van der Waals surface area contributed by atoms with E-state index in [9.17, 15) is 13.2 Å². The van der Waals surface area contributed by atoms with Crippen LogP contribution in [0.5, 0.6) is 11.5 Å². The highest BCUT2D eigenvalue weighted by molar-refractivity contribution is 7.89. The number of nitrogens with two attached hydrogens (primary N) is 1. The molecule has 0 spiro atoms. The first kappa shape index (κ1) is 20.4. The SMILES string of the molecule is NC(=O)COc1ccc(S(=O)(=O)N2CCCC(Oc3ccncc3Cl)C2)cc1. The monoisotopic (exact) mass is 425 g/mol. The molecule has 1 aromatic heterocycles. The molecule has 1 aliphatic rings. The van der Waals surface area contributed by atoms with Gasteiger partial charge in [-0.2, -0.15) is 4.31 Å². The van der Waals surface area contributed by atoms with Crippen LogP contribution in [-0.2, 0) is 14.8 Å². The third-order valence-electron chi connectivity index (χ3n) is 4.21. The summed E-state index contributed by atoms with van der Waals surface area (Å²) in [4.78, 5) is 14.8. The number of aromatic nitrogens is 1. The zero-order valence-electron chi connectivity index (χ0n) is 15.0. The van der Waals surface area contributed by atoms with Crippen LogP contribution in [-0.4, -0.2) is 49.4 Å². The van der Waals surface area contributed by atoms with Crippen LogP contribution < -0.4 is 15.2 Å². The quantitative estimate of drug-likeness (QED) is 0.724. The van der Waals surface area contributed by atoms with Gasteiger partial charge in [0.2, 0.25) is 10.0 Å². The van der Waals surface area contributed by atoms with Crippen LogP contribution in [0.1, 0.15) is 12.8 Å². The number of sulfonamides is 1. The van der Waals surface area contributed by atoms with Crippen LogP contribution in [0, 0.1) is 0 Å². The molecule has 1 amide bonds. The molecule has 150 valence electrons. The molecule has 1 aliphatic heterocycles. The number of piperidine rings is 1.